The van der Waals surface area contributed by atoms with E-state index >= 15 is 0 Å². The molecular formula is C8H13N2. The van der Waals surface area contributed by atoms with Gasteiger partial charge in [-0.05, 0) is 32.8 Å². The summed E-state index contributed by atoms with van der Waals surface area (Å²) in [6, 6.07) is 0. The third-order valence-electron chi connectivity index (χ3n) is 1.77. The average Bonchev–Trinajstić information content (AvgIpc) is 2.30. The van der Waals surface area contributed by atoms with E-state index < -0.39 is 0 Å². The Morgan fingerprint density at radius 1 is 1.70 bits per heavy atom. The SMILES string of the molecule is [CH2]Cc1cnn(CC)c1C. The predicted octanol–water partition coefficient (Wildman–Crippen LogP) is 1.59. The van der Waals surface area contributed by atoms with E-state index in [9.17, 15) is 0 Å². The first-order valence-electron chi connectivity index (χ1n) is 3.60. The molecule has 0 aromatic carbocycles. The van der Waals surface area contributed by atoms with Crippen molar-refractivity contribution < 1.29 is 0 Å². The van der Waals surface area contributed by atoms with Crippen LogP contribution in [0.3, 0.4) is 0 Å². The Bertz CT molecular complexity index is 192. The number of hydrogen-bond acceptors (Lipinski definition) is 1. The summed E-state index contributed by atoms with van der Waals surface area (Å²) in [5.74, 6) is 0. The lowest BCUT2D eigenvalue weighted by atomic mass is 10.2. The van der Waals surface area contributed by atoms with E-state index in [0.29, 0.717) is 0 Å². The third kappa shape index (κ3) is 1.06. The van der Waals surface area contributed by atoms with Gasteiger partial charge < -0.3 is 0 Å². The lowest BCUT2D eigenvalue weighted by Gasteiger charge is -1.98. The minimum absolute atomic E-state index is 0.839. The number of rotatable bonds is 2. The first kappa shape index (κ1) is 7.32. The molecule has 0 aliphatic heterocycles. The quantitative estimate of drug-likeness (QED) is 0.605. The molecule has 0 saturated carbocycles. The summed E-state index contributed by atoms with van der Waals surface area (Å²) in [5.41, 5.74) is 2.50. The maximum Gasteiger partial charge on any atom is 0.0524 e. The fourth-order valence-corrected chi connectivity index (χ4v) is 1.05. The topological polar surface area (TPSA) is 17.8 Å². The second-order valence-corrected chi connectivity index (χ2v) is 2.32. The van der Waals surface area contributed by atoms with Crippen molar-refractivity contribution in [3.63, 3.8) is 0 Å². The Morgan fingerprint density at radius 2 is 2.40 bits per heavy atom. The van der Waals surface area contributed by atoms with E-state index in [2.05, 4.69) is 25.9 Å². The Kier molecular flexibility index (Phi) is 2.10. The van der Waals surface area contributed by atoms with Gasteiger partial charge in [0.2, 0.25) is 0 Å². The number of aromatic nitrogens is 2. The van der Waals surface area contributed by atoms with E-state index in [4.69, 9.17) is 0 Å². The molecule has 1 aromatic rings. The molecule has 1 radical (unpaired) electrons. The Balaban J connectivity index is 2.97. The molecule has 0 saturated heterocycles. The molecule has 55 valence electrons. The second kappa shape index (κ2) is 2.86. The van der Waals surface area contributed by atoms with Gasteiger partial charge in [0.05, 0.1) is 6.20 Å². The highest BCUT2D eigenvalue weighted by atomic mass is 15.3. The van der Waals surface area contributed by atoms with Gasteiger partial charge in [0.15, 0.2) is 0 Å². The van der Waals surface area contributed by atoms with Gasteiger partial charge in [0, 0.05) is 12.2 Å². The lowest BCUT2D eigenvalue weighted by molar-refractivity contribution is 0.638. The standard InChI is InChI=1S/C8H13N2/c1-4-8-6-9-10(5-2)7(8)3/h6H,1,4-5H2,2-3H3. The van der Waals surface area contributed by atoms with Gasteiger partial charge in [0.25, 0.3) is 0 Å². The molecule has 0 aliphatic rings. The molecule has 0 amide bonds. The maximum atomic E-state index is 4.18. The highest BCUT2D eigenvalue weighted by Gasteiger charge is 2.00. The van der Waals surface area contributed by atoms with Crippen molar-refractivity contribution in [2.24, 2.45) is 0 Å². The average molecular weight is 137 g/mol. The molecule has 0 aliphatic carbocycles. The van der Waals surface area contributed by atoms with Crippen molar-refractivity contribution in [1.82, 2.24) is 9.78 Å². The van der Waals surface area contributed by atoms with Crippen LogP contribution in [0.25, 0.3) is 0 Å². The highest BCUT2D eigenvalue weighted by molar-refractivity contribution is 5.16. The molecular weight excluding hydrogens is 124 g/mol. The molecule has 2 nitrogen and oxygen atoms in total. The van der Waals surface area contributed by atoms with Crippen LogP contribution < -0.4 is 0 Å². The third-order valence-corrected chi connectivity index (χ3v) is 1.77. The minimum atomic E-state index is 0.839. The predicted molar refractivity (Wildman–Crippen MR) is 41.7 cm³/mol. The number of hydrogen-bond donors (Lipinski definition) is 0. The van der Waals surface area contributed by atoms with Crippen LogP contribution in [0.4, 0.5) is 0 Å². The van der Waals surface area contributed by atoms with Gasteiger partial charge >= 0.3 is 0 Å². The molecule has 0 fully saturated rings. The normalized spacial score (nSPS) is 10.3. The van der Waals surface area contributed by atoms with Gasteiger partial charge in [-0.2, -0.15) is 5.10 Å². The van der Waals surface area contributed by atoms with E-state index in [1.54, 1.807) is 0 Å². The Labute approximate surface area is 61.9 Å². The highest BCUT2D eigenvalue weighted by Crippen LogP contribution is 2.06. The lowest BCUT2D eigenvalue weighted by Crippen LogP contribution is -1.98. The van der Waals surface area contributed by atoms with Crippen LogP contribution in [0.2, 0.25) is 0 Å². The Morgan fingerprint density at radius 3 is 2.70 bits per heavy atom. The van der Waals surface area contributed by atoms with E-state index in [0.717, 1.165) is 13.0 Å². The first-order valence-corrected chi connectivity index (χ1v) is 3.60. The fourth-order valence-electron chi connectivity index (χ4n) is 1.05. The summed E-state index contributed by atoms with van der Waals surface area (Å²) >= 11 is 0. The van der Waals surface area contributed by atoms with Crippen LogP contribution in [0.5, 0.6) is 0 Å². The van der Waals surface area contributed by atoms with Crippen LogP contribution in [0.1, 0.15) is 18.2 Å². The summed E-state index contributed by atoms with van der Waals surface area (Å²) in [5, 5.41) is 4.18. The monoisotopic (exact) mass is 137 g/mol. The summed E-state index contributed by atoms with van der Waals surface area (Å²) < 4.78 is 1.99. The molecule has 0 N–H and O–H groups in total. The molecule has 0 spiro atoms. The summed E-state index contributed by atoms with van der Waals surface area (Å²) in [6.45, 7) is 8.93. The van der Waals surface area contributed by atoms with Gasteiger partial charge in [-0.15, -0.1) is 0 Å². The van der Waals surface area contributed by atoms with Crippen LogP contribution >= 0.6 is 0 Å². The minimum Gasteiger partial charge on any atom is -0.270 e. The van der Waals surface area contributed by atoms with E-state index in [-0.39, 0.29) is 0 Å². The van der Waals surface area contributed by atoms with Gasteiger partial charge in [-0.25, -0.2) is 0 Å². The number of aryl methyl sites for hydroxylation is 1. The molecule has 1 heterocycles. The molecule has 1 aromatic heterocycles. The van der Waals surface area contributed by atoms with Gasteiger partial charge in [0.1, 0.15) is 0 Å². The van der Waals surface area contributed by atoms with E-state index in [1.807, 2.05) is 10.9 Å². The molecule has 10 heavy (non-hydrogen) atoms. The maximum absolute atomic E-state index is 4.18. The van der Waals surface area contributed by atoms with Crippen molar-refractivity contribution in [3.8, 4) is 0 Å². The van der Waals surface area contributed by atoms with Crippen molar-refractivity contribution >= 4 is 0 Å². The molecule has 1 rings (SSSR count). The van der Waals surface area contributed by atoms with Gasteiger partial charge in [-0.1, -0.05) is 0 Å². The zero-order valence-electron chi connectivity index (χ0n) is 6.59. The first-order chi connectivity index (χ1) is 4.79. The van der Waals surface area contributed by atoms with Crippen LogP contribution in [-0.2, 0) is 13.0 Å². The molecule has 2 heteroatoms. The van der Waals surface area contributed by atoms with Crippen molar-refractivity contribution in [2.75, 3.05) is 0 Å². The smallest absolute Gasteiger partial charge is 0.0524 e. The molecule has 0 bridgehead atoms. The van der Waals surface area contributed by atoms with Crippen LogP contribution in [0.15, 0.2) is 6.20 Å². The largest absolute Gasteiger partial charge is 0.270 e. The van der Waals surface area contributed by atoms with Crippen molar-refractivity contribution in [1.29, 1.82) is 0 Å². The number of nitrogens with zero attached hydrogens (tertiary/aromatic N) is 2. The van der Waals surface area contributed by atoms with E-state index in [1.165, 1.54) is 11.3 Å². The second-order valence-electron chi connectivity index (χ2n) is 2.32. The summed E-state index contributed by atoms with van der Waals surface area (Å²) in [7, 11) is 0. The van der Waals surface area contributed by atoms with Gasteiger partial charge in [-0.3, -0.25) is 4.68 Å². The zero-order valence-corrected chi connectivity index (χ0v) is 6.59. The zero-order chi connectivity index (χ0) is 7.56. The Hall–Kier alpha value is -0.790. The van der Waals surface area contributed by atoms with Crippen LogP contribution in [-0.4, -0.2) is 9.78 Å². The molecule has 0 atom stereocenters. The van der Waals surface area contributed by atoms with Crippen LogP contribution in [0, 0.1) is 13.8 Å². The van der Waals surface area contributed by atoms with Crippen molar-refractivity contribution in [2.45, 2.75) is 26.8 Å². The summed E-state index contributed by atoms with van der Waals surface area (Å²) in [6.07, 6.45) is 2.73. The van der Waals surface area contributed by atoms with Crippen molar-refractivity contribution in [3.05, 3.63) is 24.4 Å². The fraction of sp³-hybridized carbons (Fsp3) is 0.500. The summed E-state index contributed by atoms with van der Waals surface area (Å²) in [4.78, 5) is 0. The molecule has 0 unspecified atom stereocenters.